The zero-order chi connectivity index (χ0) is 18.1. The van der Waals surface area contributed by atoms with Gasteiger partial charge in [-0.25, -0.2) is 9.37 Å². The van der Waals surface area contributed by atoms with Gasteiger partial charge in [0.1, 0.15) is 17.2 Å². The molecule has 0 bridgehead atoms. The molecule has 1 heterocycles. The van der Waals surface area contributed by atoms with E-state index in [1.807, 2.05) is 0 Å². The maximum absolute atomic E-state index is 13.6. The van der Waals surface area contributed by atoms with Gasteiger partial charge in [0, 0.05) is 10.5 Å². The van der Waals surface area contributed by atoms with Gasteiger partial charge < -0.3 is 4.74 Å². The number of ether oxygens (including phenoxy) is 1. The number of carbonyl (C=O) groups is 2. The summed E-state index contributed by atoms with van der Waals surface area (Å²) in [5.74, 6) is -2.36. The Morgan fingerprint density at radius 3 is 2.64 bits per heavy atom. The number of allylic oxidation sites excluding steroid dienone is 2. The van der Waals surface area contributed by atoms with Gasteiger partial charge in [0.15, 0.2) is 5.76 Å². The fourth-order valence-electron chi connectivity index (χ4n) is 2.40. The lowest BCUT2D eigenvalue weighted by atomic mass is 9.95. The summed E-state index contributed by atoms with van der Waals surface area (Å²) in [6.07, 6.45) is 0. The summed E-state index contributed by atoms with van der Waals surface area (Å²) < 4.78 is 18.5. The van der Waals surface area contributed by atoms with E-state index in [0.717, 1.165) is 6.07 Å². The molecule has 1 aromatic carbocycles. The molecule has 0 spiro atoms. The van der Waals surface area contributed by atoms with Gasteiger partial charge >= 0.3 is 0 Å². The molecule has 0 fully saturated rings. The zero-order valence-electron chi connectivity index (χ0n) is 12.7. The molecular formula is C16H8ClFN4O3. The van der Waals surface area contributed by atoms with Crippen LogP contribution in [0.3, 0.4) is 0 Å². The first-order valence-corrected chi connectivity index (χ1v) is 7.25. The number of rotatable bonds is 3. The third-order valence-electron chi connectivity index (χ3n) is 3.56. The number of fused-ring (bicyclic) bond motifs is 1. The lowest BCUT2D eigenvalue weighted by Gasteiger charge is -2.17. The van der Waals surface area contributed by atoms with E-state index in [1.54, 1.807) is 0 Å². The molecule has 124 valence electrons. The quantitative estimate of drug-likeness (QED) is 0.468. The van der Waals surface area contributed by atoms with E-state index < -0.39 is 23.1 Å². The smallest absolute Gasteiger partial charge is 0.230 e. The number of pyridine rings is 1. The molecule has 0 amide bonds. The zero-order valence-corrected chi connectivity index (χ0v) is 13.4. The van der Waals surface area contributed by atoms with Crippen molar-refractivity contribution in [1.29, 1.82) is 0 Å². The van der Waals surface area contributed by atoms with Crippen molar-refractivity contribution in [2.45, 2.75) is 0 Å². The second-order valence-electron chi connectivity index (χ2n) is 4.95. The van der Waals surface area contributed by atoms with Gasteiger partial charge in [0.25, 0.3) is 0 Å². The van der Waals surface area contributed by atoms with E-state index in [4.69, 9.17) is 21.9 Å². The predicted molar refractivity (Wildman–Crippen MR) is 86.5 cm³/mol. The normalized spacial score (nSPS) is 13.4. The van der Waals surface area contributed by atoms with E-state index in [1.165, 1.54) is 31.4 Å². The second kappa shape index (κ2) is 6.35. The van der Waals surface area contributed by atoms with Crippen LogP contribution in [0.4, 0.5) is 4.39 Å². The standard InChI is InChI=1S/C16H8ClFN4O3/c1-25-16-13(21-22-19)15(24)12-8(14(16)23)3-5-11(20-12)7-2-4-9(17)10(18)6-7/h2-6H,1H3. The van der Waals surface area contributed by atoms with Crippen LogP contribution in [0.1, 0.15) is 20.8 Å². The van der Waals surface area contributed by atoms with Crippen LogP contribution in [-0.4, -0.2) is 23.7 Å². The predicted octanol–water partition coefficient (Wildman–Crippen LogP) is 4.09. The van der Waals surface area contributed by atoms with Crippen LogP contribution in [0.5, 0.6) is 0 Å². The molecule has 2 aromatic rings. The third kappa shape index (κ3) is 2.73. The fraction of sp³-hybridized carbons (Fsp3) is 0.0625. The van der Waals surface area contributed by atoms with Crippen LogP contribution in [0.25, 0.3) is 21.7 Å². The molecule has 0 unspecified atom stereocenters. The van der Waals surface area contributed by atoms with Crippen molar-refractivity contribution in [3.8, 4) is 11.3 Å². The van der Waals surface area contributed by atoms with Crippen molar-refractivity contribution >= 4 is 23.2 Å². The van der Waals surface area contributed by atoms with Gasteiger partial charge in [-0.05, 0) is 29.8 Å². The topological polar surface area (TPSA) is 105 Å². The minimum atomic E-state index is -0.750. The largest absolute Gasteiger partial charge is 0.492 e. The highest BCUT2D eigenvalue weighted by Crippen LogP contribution is 2.30. The van der Waals surface area contributed by atoms with Crippen molar-refractivity contribution in [3.05, 3.63) is 74.3 Å². The second-order valence-corrected chi connectivity index (χ2v) is 5.36. The van der Waals surface area contributed by atoms with Crippen LogP contribution in [0, 0.1) is 5.82 Å². The number of nitrogens with zero attached hydrogens (tertiary/aromatic N) is 4. The van der Waals surface area contributed by atoms with Crippen LogP contribution < -0.4 is 0 Å². The van der Waals surface area contributed by atoms with E-state index in [2.05, 4.69) is 15.0 Å². The monoisotopic (exact) mass is 358 g/mol. The maximum Gasteiger partial charge on any atom is 0.230 e. The minimum Gasteiger partial charge on any atom is -0.492 e. The number of aromatic nitrogens is 1. The van der Waals surface area contributed by atoms with Gasteiger partial charge in [-0.3, -0.25) is 9.59 Å². The van der Waals surface area contributed by atoms with E-state index in [9.17, 15) is 14.0 Å². The fourth-order valence-corrected chi connectivity index (χ4v) is 2.52. The molecule has 1 aliphatic rings. The van der Waals surface area contributed by atoms with Crippen molar-refractivity contribution in [2.24, 2.45) is 5.11 Å². The van der Waals surface area contributed by atoms with E-state index >= 15 is 0 Å². The minimum absolute atomic E-state index is 0.0110. The molecule has 0 atom stereocenters. The summed E-state index contributed by atoms with van der Waals surface area (Å²) in [6.45, 7) is 0. The number of Topliss-reactive ketones (excluding diaryl/α,β-unsaturated/α-hetero) is 2. The third-order valence-corrected chi connectivity index (χ3v) is 3.86. The lowest BCUT2D eigenvalue weighted by molar-refractivity contribution is 0.0902. The Labute approximate surface area is 145 Å². The molecule has 0 aliphatic heterocycles. The summed E-state index contributed by atoms with van der Waals surface area (Å²) in [7, 11) is 1.19. The van der Waals surface area contributed by atoms with E-state index in [0.29, 0.717) is 5.56 Å². The average Bonchev–Trinajstić information content (AvgIpc) is 2.62. The Morgan fingerprint density at radius 1 is 1.24 bits per heavy atom. The van der Waals surface area contributed by atoms with Crippen LogP contribution in [0.15, 0.2) is 46.9 Å². The van der Waals surface area contributed by atoms with Crippen molar-refractivity contribution in [2.75, 3.05) is 7.11 Å². The summed E-state index contributed by atoms with van der Waals surface area (Å²) in [5, 5.41) is 3.19. The van der Waals surface area contributed by atoms with Gasteiger partial charge in [0.2, 0.25) is 11.6 Å². The number of halogens is 2. The van der Waals surface area contributed by atoms with Gasteiger partial charge in [-0.1, -0.05) is 22.8 Å². The van der Waals surface area contributed by atoms with Gasteiger partial charge in [-0.2, -0.15) is 0 Å². The molecule has 0 N–H and O–H groups in total. The Morgan fingerprint density at radius 2 is 2.00 bits per heavy atom. The van der Waals surface area contributed by atoms with Crippen LogP contribution >= 0.6 is 11.6 Å². The molecule has 1 aromatic heterocycles. The first-order valence-electron chi connectivity index (χ1n) is 6.87. The number of carbonyl (C=O) groups excluding carboxylic acids is 2. The van der Waals surface area contributed by atoms with Crippen molar-refractivity contribution in [3.63, 3.8) is 0 Å². The number of azide groups is 1. The Bertz CT molecular complexity index is 1010. The Kier molecular flexibility index (Phi) is 4.22. The summed E-state index contributed by atoms with van der Waals surface area (Å²) >= 11 is 5.65. The molecule has 9 heteroatoms. The van der Waals surface area contributed by atoms with Crippen molar-refractivity contribution in [1.82, 2.24) is 4.98 Å². The number of hydrogen-bond donors (Lipinski definition) is 0. The maximum atomic E-state index is 13.6. The summed E-state index contributed by atoms with van der Waals surface area (Å²) in [4.78, 5) is 31.6. The first kappa shape index (κ1) is 16.6. The Hall–Kier alpha value is -3.22. The van der Waals surface area contributed by atoms with E-state index in [-0.39, 0.29) is 27.7 Å². The van der Waals surface area contributed by atoms with Crippen molar-refractivity contribution < 1.29 is 18.7 Å². The molecule has 7 nitrogen and oxygen atoms in total. The summed E-state index contributed by atoms with van der Waals surface area (Å²) in [6, 6.07) is 6.90. The lowest BCUT2D eigenvalue weighted by Crippen LogP contribution is -2.23. The molecule has 1 aliphatic carbocycles. The molecule has 3 rings (SSSR count). The highest BCUT2D eigenvalue weighted by molar-refractivity contribution is 6.30. The number of ketones is 2. The average molecular weight is 359 g/mol. The molecular weight excluding hydrogens is 351 g/mol. The highest BCUT2D eigenvalue weighted by Gasteiger charge is 2.34. The number of methoxy groups -OCH3 is 1. The number of hydrogen-bond acceptors (Lipinski definition) is 5. The Balaban J connectivity index is 2.17. The first-order chi connectivity index (χ1) is 12.0. The van der Waals surface area contributed by atoms with Crippen LogP contribution in [0.2, 0.25) is 5.02 Å². The van der Waals surface area contributed by atoms with Gasteiger partial charge in [0.05, 0.1) is 23.4 Å². The molecule has 0 saturated heterocycles. The van der Waals surface area contributed by atoms with Gasteiger partial charge in [-0.15, -0.1) is 0 Å². The molecule has 0 radical (unpaired) electrons. The number of benzene rings is 1. The van der Waals surface area contributed by atoms with Crippen LogP contribution in [-0.2, 0) is 4.74 Å². The highest BCUT2D eigenvalue weighted by atomic mass is 35.5. The molecule has 0 saturated carbocycles. The summed E-state index contributed by atoms with van der Waals surface area (Å²) in [5.41, 5.74) is 8.59. The SMILES string of the molecule is COC1=C(N=[N+]=[N-])C(=O)c2nc(-c3ccc(Cl)c(F)c3)ccc2C1=O. The molecule has 25 heavy (non-hydrogen) atoms.